The quantitative estimate of drug-likeness (QED) is 0.490. The van der Waals surface area contributed by atoms with Crippen molar-refractivity contribution in [3.05, 3.63) is 68.2 Å². The van der Waals surface area contributed by atoms with Crippen LogP contribution in [-0.4, -0.2) is 19.9 Å². The molecule has 0 aliphatic heterocycles. The second-order valence-electron chi connectivity index (χ2n) is 6.10. The van der Waals surface area contributed by atoms with Crippen LogP contribution in [0, 0.1) is 10.1 Å². The van der Waals surface area contributed by atoms with Crippen molar-refractivity contribution in [2.24, 2.45) is 5.73 Å². The molecule has 0 spiro atoms. The predicted octanol–water partition coefficient (Wildman–Crippen LogP) is 3.81. The van der Waals surface area contributed by atoms with Crippen LogP contribution in [0.25, 0.3) is 0 Å². The van der Waals surface area contributed by atoms with Gasteiger partial charge in [-0.25, -0.2) is 13.1 Å². The molecular weight excluding hydrogens is 435 g/mol. The zero-order valence-corrected chi connectivity index (χ0v) is 16.6. The van der Waals surface area contributed by atoms with Gasteiger partial charge in [-0.1, -0.05) is 24.6 Å². The lowest BCUT2D eigenvalue weighted by Gasteiger charge is -2.17. The fourth-order valence-electron chi connectivity index (χ4n) is 2.71. The number of halogens is 4. The number of hydrogen-bond donors (Lipinski definition) is 2. The van der Waals surface area contributed by atoms with Crippen molar-refractivity contribution in [3.63, 3.8) is 0 Å². The summed E-state index contributed by atoms with van der Waals surface area (Å²) < 4.78 is 66.3. The third-order valence-electron chi connectivity index (χ3n) is 4.04. The maximum absolute atomic E-state index is 13.1. The van der Waals surface area contributed by atoms with Gasteiger partial charge >= 0.3 is 6.18 Å². The number of rotatable bonds is 7. The van der Waals surface area contributed by atoms with E-state index < -0.39 is 37.8 Å². The molecule has 7 nitrogen and oxygen atoms in total. The second kappa shape index (κ2) is 8.66. The van der Waals surface area contributed by atoms with Crippen LogP contribution in [0.1, 0.15) is 29.7 Å². The van der Waals surface area contributed by atoms with E-state index in [2.05, 4.69) is 4.72 Å². The molecule has 0 aliphatic carbocycles. The Labute approximate surface area is 169 Å². The topological polar surface area (TPSA) is 115 Å². The first-order valence-electron chi connectivity index (χ1n) is 8.26. The Kier molecular flexibility index (Phi) is 6.89. The summed E-state index contributed by atoms with van der Waals surface area (Å²) in [6.07, 6.45) is -4.95. The van der Waals surface area contributed by atoms with Crippen molar-refractivity contribution < 1.29 is 26.5 Å². The molecule has 158 valence electrons. The number of benzene rings is 2. The molecule has 0 unspecified atom stereocenters. The van der Waals surface area contributed by atoms with Gasteiger partial charge in [0.05, 0.1) is 20.4 Å². The van der Waals surface area contributed by atoms with E-state index in [1.54, 1.807) is 6.92 Å². The third-order valence-corrected chi connectivity index (χ3v) is 6.02. The maximum atomic E-state index is 13.1. The highest BCUT2D eigenvalue weighted by Crippen LogP contribution is 2.36. The van der Waals surface area contributed by atoms with Gasteiger partial charge in [-0.3, -0.25) is 10.1 Å². The number of sulfonamides is 1. The molecule has 29 heavy (non-hydrogen) atoms. The number of alkyl halides is 3. The number of nitro groups is 1. The first kappa shape index (κ1) is 23.1. The molecule has 12 heteroatoms. The number of nitrogens with two attached hydrogens (primary N) is 1. The lowest BCUT2D eigenvalue weighted by molar-refractivity contribution is -0.385. The molecule has 0 radical (unpaired) electrons. The highest BCUT2D eigenvalue weighted by atomic mass is 35.5. The van der Waals surface area contributed by atoms with Crippen molar-refractivity contribution in [2.45, 2.75) is 30.5 Å². The molecule has 2 aromatic rings. The van der Waals surface area contributed by atoms with Crippen molar-refractivity contribution in [2.75, 3.05) is 6.54 Å². The Morgan fingerprint density at radius 1 is 1.24 bits per heavy atom. The smallest absolute Gasteiger partial charge is 0.324 e. The minimum atomic E-state index is -4.70. The number of non-ortho nitro benzene ring substituents is 1. The molecule has 0 saturated heterocycles. The molecule has 0 bridgehead atoms. The van der Waals surface area contributed by atoms with Gasteiger partial charge in [0, 0.05) is 24.7 Å². The minimum Gasteiger partial charge on any atom is -0.324 e. The average Bonchev–Trinajstić information content (AvgIpc) is 2.60. The highest BCUT2D eigenvalue weighted by Gasteiger charge is 2.34. The summed E-state index contributed by atoms with van der Waals surface area (Å²) >= 11 is 5.60. The van der Waals surface area contributed by atoms with E-state index in [0.717, 1.165) is 30.3 Å². The molecule has 0 fully saturated rings. The van der Waals surface area contributed by atoms with Gasteiger partial charge in [0.15, 0.2) is 0 Å². The number of nitrogens with zero attached hydrogens (tertiary/aromatic N) is 1. The van der Waals surface area contributed by atoms with Crippen LogP contribution in [0.2, 0.25) is 5.02 Å². The van der Waals surface area contributed by atoms with Crippen LogP contribution in [0.5, 0.6) is 0 Å². The molecule has 3 N–H and O–H groups in total. The zero-order valence-electron chi connectivity index (χ0n) is 15.0. The highest BCUT2D eigenvalue weighted by molar-refractivity contribution is 7.89. The Morgan fingerprint density at radius 2 is 1.90 bits per heavy atom. The van der Waals surface area contributed by atoms with Gasteiger partial charge in [0.25, 0.3) is 5.69 Å². The predicted molar refractivity (Wildman–Crippen MR) is 101 cm³/mol. The van der Waals surface area contributed by atoms with Crippen molar-refractivity contribution >= 4 is 27.3 Å². The molecular formula is C17H17ClF3N3O4S. The Morgan fingerprint density at radius 3 is 2.45 bits per heavy atom. The molecule has 0 aliphatic rings. The van der Waals surface area contributed by atoms with Crippen molar-refractivity contribution in [1.82, 2.24) is 4.72 Å². The molecule has 2 aromatic carbocycles. The van der Waals surface area contributed by atoms with Crippen molar-refractivity contribution in [1.29, 1.82) is 0 Å². The standard InChI is InChI=1S/C17H17ClF3N3O4S/c1-2-23-29(27,28)16-6-4-12(24(25)26)7-11(16)9-15(22)10-3-5-14(18)13(8-10)17(19,20)21/h3-8,15,23H,2,9,22H2,1H3/t15-/m0/s1. The number of nitro benzene ring substituents is 1. The van der Waals surface area contributed by atoms with E-state index in [-0.39, 0.29) is 34.7 Å². The van der Waals surface area contributed by atoms with Crippen molar-refractivity contribution in [3.8, 4) is 0 Å². The van der Waals surface area contributed by atoms with Gasteiger partial charge in [0.1, 0.15) is 0 Å². The average molecular weight is 452 g/mol. The fraction of sp³-hybridized carbons (Fsp3) is 0.294. The van der Waals surface area contributed by atoms with E-state index in [4.69, 9.17) is 17.3 Å². The first-order chi connectivity index (χ1) is 13.4. The van der Waals surface area contributed by atoms with Gasteiger partial charge in [-0.15, -0.1) is 0 Å². The Bertz CT molecular complexity index is 1030. The van der Waals surface area contributed by atoms with Crippen LogP contribution in [0.15, 0.2) is 41.3 Å². The van der Waals surface area contributed by atoms with Crippen LogP contribution in [-0.2, 0) is 22.6 Å². The number of hydrogen-bond acceptors (Lipinski definition) is 5. The van der Waals surface area contributed by atoms with Crippen LogP contribution in [0.4, 0.5) is 18.9 Å². The zero-order chi connectivity index (χ0) is 22.0. The molecule has 0 heterocycles. The molecule has 0 amide bonds. The normalized spacial score (nSPS) is 13.3. The summed E-state index contributed by atoms with van der Waals surface area (Å²) in [5.74, 6) is 0. The monoisotopic (exact) mass is 451 g/mol. The summed E-state index contributed by atoms with van der Waals surface area (Å²) in [7, 11) is -3.98. The summed E-state index contributed by atoms with van der Waals surface area (Å²) in [5, 5.41) is 10.6. The third kappa shape index (κ3) is 5.44. The Balaban J connectivity index is 2.50. The molecule has 0 aromatic heterocycles. The summed E-state index contributed by atoms with van der Waals surface area (Å²) in [4.78, 5) is 10.1. The van der Waals surface area contributed by atoms with E-state index in [0.29, 0.717) is 0 Å². The fourth-order valence-corrected chi connectivity index (χ4v) is 4.21. The van der Waals surface area contributed by atoms with Crippen LogP contribution in [0.3, 0.4) is 0 Å². The molecule has 2 rings (SSSR count). The van der Waals surface area contributed by atoms with Gasteiger partial charge in [-0.2, -0.15) is 13.2 Å². The largest absolute Gasteiger partial charge is 0.417 e. The Hall–Kier alpha value is -2.21. The maximum Gasteiger partial charge on any atom is 0.417 e. The van der Waals surface area contributed by atoms with E-state index in [9.17, 15) is 31.7 Å². The summed E-state index contributed by atoms with van der Waals surface area (Å²) in [6, 6.07) is 5.20. The van der Waals surface area contributed by atoms with Gasteiger partial charge in [0.2, 0.25) is 10.0 Å². The van der Waals surface area contributed by atoms with Crippen LogP contribution < -0.4 is 10.5 Å². The van der Waals surface area contributed by atoms with Gasteiger partial charge in [-0.05, 0) is 35.7 Å². The van der Waals surface area contributed by atoms with Crippen LogP contribution >= 0.6 is 11.6 Å². The molecule has 1 atom stereocenters. The van der Waals surface area contributed by atoms with E-state index in [1.807, 2.05) is 0 Å². The second-order valence-corrected chi connectivity index (χ2v) is 8.24. The summed E-state index contributed by atoms with van der Waals surface area (Å²) in [6.45, 7) is 1.64. The first-order valence-corrected chi connectivity index (χ1v) is 10.1. The van der Waals surface area contributed by atoms with E-state index >= 15 is 0 Å². The SMILES string of the molecule is CCNS(=O)(=O)c1ccc([N+](=O)[O-])cc1C[C@H](N)c1ccc(Cl)c(C(F)(F)F)c1. The summed E-state index contributed by atoms with van der Waals surface area (Å²) in [5.41, 5.74) is 4.63. The lowest BCUT2D eigenvalue weighted by Crippen LogP contribution is -2.25. The van der Waals surface area contributed by atoms with Gasteiger partial charge < -0.3 is 5.73 Å². The number of nitrogens with one attached hydrogen (secondary N) is 1. The lowest BCUT2D eigenvalue weighted by atomic mass is 9.97. The minimum absolute atomic E-state index is 0.0103. The molecule has 0 saturated carbocycles. The van der Waals surface area contributed by atoms with E-state index in [1.165, 1.54) is 6.07 Å².